The van der Waals surface area contributed by atoms with Crippen LogP contribution in [-0.4, -0.2) is 25.2 Å². The number of anilines is 1. The zero-order valence-corrected chi connectivity index (χ0v) is 15.4. The summed E-state index contributed by atoms with van der Waals surface area (Å²) in [5.74, 6) is 1.65. The SMILES string of the molecule is CCOc1ccc(OCC)c(NC(=O)CC2CCCCC2N)c1.Cl. The lowest BCUT2D eigenvalue weighted by Gasteiger charge is -2.28. The minimum Gasteiger partial charge on any atom is -0.494 e. The maximum Gasteiger partial charge on any atom is 0.224 e. The van der Waals surface area contributed by atoms with Gasteiger partial charge in [0.25, 0.3) is 0 Å². The van der Waals surface area contributed by atoms with Crippen LogP contribution in [0.5, 0.6) is 11.5 Å². The van der Waals surface area contributed by atoms with Crippen molar-refractivity contribution in [3.05, 3.63) is 18.2 Å². The Balaban J connectivity index is 0.00000288. The summed E-state index contributed by atoms with van der Waals surface area (Å²) >= 11 is 0. The second-order valence-corrected chi connectivity index (χ2v) is 5.98. The first-order valence-electron chi connectivity index (χ1n) is 8.59. The van der Waals surface area contributed by atoms with Crippen LogP contribution in [0.2, 0.25) is 0 Å². The fourth-order valence-electron chi connectivity index (χ4n) is 3.07. The summed E-state index contributed by atoms with van der Waals surface area (Å²) in [4.78, 5) is 12.4. The minimum absolute atomic E-state index is 0. The summed E-state index contributed by atoms with van der Waals surface area (Å²) in [5, 5.41) is 2.96. The number of benzene rings is 1. The van der Waals surface area contributed by atoms with E-state index in [-0.39, 0.29) is 30.3 Å². The first-order chi connectivity index (χ1) is 11.1. The molecule has 1 saturated carbocycles. The summed E-state index contributed by atoms with van der Waals surface area (Å²) in [7, 11) is 0. The van der Waals surface area contributed by atoms with E-state index in [2.05, 4.69) is 5.32 Å². The van der Waals surface area contributed by atoms with E-state index in [1.165, 1.54) is 6.42 Å². The summed E-state index contributed by atoms with van der Waals surface area (Å²) in [6.07, 6.45) is 4.85. The van der Waals surface area contributed by atoms with Crippen molar-refractivity contribution in [2.75, 3.05) is 18.5 Å². The average molecular weight is 357 g/mol. The lowest BCUT2D eigenvalue weighted by Crippen LogP contribution is -2.35. The molecule has 0 saturated heterocycles. The molecule has 1 aliphatic rings. The molecule has 0 spiro atoms. The van der Waals surface area contributed by atoms with Crippen LogP contribution in [0, 0.1) is 5.92 Å². The summed E-state index contributed by atoms with van der Waals surface area (Å²) in [6, 6.07) is 5.63. The Hall–Kier alpha value is -1.46. The van der Waals surface area contributed by atoms with Gasteiger partial charge in [-0.15, -0.1) is 12.4 Å². The van der Waals surface area contributed by atoms with E-state index in [9.17, 15) is 4.79 Å². The largest absolute Gasteiger partial charge is 0.494 e. The van der Waals surface area contributed by atoms with Gasteiger partial charge in [0, 0.05) is 18.5 Å². The normalized spacial score (nSPS) is 20.0. The van der Waals surface area contributed by atoms with Gasteiger partial charge in [-0.1, -0.05) is 12.8 Å². The van der Waals surface area contributed by atoms with Crippen molar-refractivity contribution in [1.82, 2.24) is 0 Å². The van der Waals surface area contributed by atoms with E-state index in [0.717, 1.165) is 25.0 Å². The number of nitrogens with one attached hydrogen (secondary N) is 1. The molecule has 136 valence electrons. The van der Waals surface area contributed by atoms with Crippen LogP contribution in [0.15, 0.2) is 18.2 Å². The van der Waals surface area contributed by atoms with Gasteiger partial charge in [-0.2, -0.15) is 0 Å². The van der Waals surface area contributed by atoms with Gasteiger partial charge in [0.05, 0.1) is 18.9 Å². The first kappa shape index (κ1) is 20.6. The zero-order valence-electron chi connectivity index (χ0n) is 14.5. The van der Waals surface area contributed by atoms with E-state index in [4.69, 9.17) is 15.2 Å². The van der Waals surface area contributed by atoms with Crippen molar-refractivity contribution >= 4 is 24.0 Å². The van der Waals surface area contributed by atoms with E-state index in [1.807, 2.05) is 32.0 Å². The maximum absolute atomic E-state index is 12.4. The van der Waals surface area contributed by atoms with Gasteiger partial charge in [0.15, 0.2) is 0 Å². The van der Waals surface area contributed by atoms with Gasteiger partial charge in [0.1, 0.15) is 11.5 Å². The molecule has 0 aromatic heterocycles. The van der Waals surface area contributed by atoms with Crippen LogP contribution in [-0.2, 0) is 4.79 Å². The topological polar surface area (TPSA) is 73.6 Å². The predicted octanol–water partition coefficient (Wildman–Crippen LogP) is 3.75. The van der Waals surface area contributed by atoms with Gasteiger partial charge in [0.2, 0.25) is 5.91 Å². The molecular weight excluding hydrogens is 328 g/mol. The van der Waals surface area contributed by atoms with Gasteiger partial charge in [-0.3, -0.25) is 4.79 Å². The van der Waals surface area contributed by atoms with Crippen LogP contribution in [0.3, 0.4) is 0 Å². The fourth-order valence-corrected chi connectivity index (χ4v) is 3.07. The smallest absolute Gasteiger partial charge is 0.224 e. The Morgan fingerprint density at radius 1 is 1.21 bits per heavy atom. The lowest BCUT2D eigenvalue weighted by atomic mass is 9.83. The molecule has 3 N–H and O–H groups in total. The molecule has 0 heterocycles. The minimum atomic E-state index is -0.0121. The van der Waals surface area contributed by atoms with Crippen molar-refractivity contribution < 1.29 is 14.3 Å². The number of hydrogen-bond donors (Lipinski definition) is 2. The third kappa shape index (κ3) is 5.87. The summed E-state index contributed by atoms with van der Waals surface area (Å²) < 4.78 is 11.1. The molecule has 1 amide bonds. The summed E-state index contributed by atoms with van der Waals surface area (Å²) in [5.41, 5.74) is 6.80. The monoisotopic (exact) mass is 356 g/mol. The van der Waals surface area contributed by atoms with Gasteiger partial charge in [-0.25, -0.2) is 0 Å². The molecule has 0 aliphatic heterocycles. The van der Waals surface area contributed by atoms with Crippen LogP contribution >= 0.6 is 12.4 Å². The molecule has 1 aliphatic carbocycles. The Morgan fingerprint density at radius 3 is 2.58 bits per heavy atom. The standard InChI is InChI=1S/C18H28N2O3.ClH/c1-3-22-14-9-10-17(23-4-2)16(12-14)20-18(21)11-13-7-5-6-8-15(13)19;/h9-10,12-13,15H,3-8,11,19H2,1-2H3,(H,20,21);1H. The molecule has 6 heteroatoms. The fraction of sp³-hybridized carbons (Fsp3) is 0.611. The number of nitrogens with two attached hydrogens (primary N) is 1. The number of hydrogen-bond acceptors (Lipinski definition) is 4. The molecule has 24 heavy (non-hydrogen) atoms. The molecule has 1 aromatic rings. The second-order valence-electron chi connectivity index (χ2n) is 5.98. The highest BCUT2D eigenvalue weighted by atomic mass is 35.5. The molecule has 0 radical (unpaired) electrons. The number of rotatable bonds is 7. The van der Waals surface area contributed by atoms with Crippen LogP contribution in [0.25, 0.3) is 0 Å². The van der Waals surface area contributed by atoms with Crippen molar-refractivity contribution in [3.63, 3.8) is 0 Å². The van der Waals surface area contributed by atoms with Crippen LogP contribution in [0.4, 0.5) is 5.69 Å². The quantitative estimate of drug-likeness (QED) is 0.780. The zero-order chi connectivity index (χ0) is 16.7. The number of amides is 1. The van der Waals surface area contributed by atoms with Crippen molar-refractivity contribution in [1.29, 1.82) is 0 Å². The summed E-state index contributed by atoms with van der Waals surface area (Å²) in [6.45, 7) is 4.98. The molecule has 5 nitrogen and oxygen atoms in total. The number of carbonyl (C=O) groups excluding carboxylic acids is 1. The molecule has 1 fully saturated rings. The molecule has 0 bridgehead atoms. The molecule has 1 aromatic carbocycles. The predicted molar refractivity (Wildman–Crippen MR) is 99.2 cm³/mol. The van der Waals surface area contributed by atoms with Gasteiger partial charge >= 0.3 is 0 Å². The van der Waals surface area contributed by atoms with Crippen LogP contribution < -0.4 is 20.5 Å². The van der Waals surface area contributed by atoms with Crippen molar-refractivity contribution in [2.24, 2.45) is 11.7 Å². The second kappa shape index (κ2) is 10.4. The lowest BCUT2D eigenvalue weighted by molar-refractivity contribution is -0.117. The van der Waals surface area contributed by atoms with Gasteiger partial charge in [-0.05, 0) is 44.7 Å². The molecule has 2 rings (SSSR count). The van der Waals surface area contributed by atoms with Crippen molar-refractivity contribution in [2.45, 2.75) is 52.0 Å². The average Bonchev–Trinajstić information content (AvgIpc) is 2.52. The van der Waals surface area contributed by atoms with E-state index in [0.29, 0.717) is 31.1 Å². The highest BCUT2D eigenvalue weighted by Crippen LogP contribution is 2.31. The number of carbonyl (C=O) groups is 1. The highest BCUT2D eigenvalue weighted by Gasteiger charge is 2.24. The Kier molecular flexibility index (Phi) is 8.93. The number of halogens is 1. The molecule has 2 atom stereocenters. The van der Waals surface area contributed by atoms with E-state index >= 15 is 0 Å². The van der Waals surface area contributed by atoms with E-state index in [1.54, 1.807) is 0 Å². The van der Waals surface area contributed by atoms with Crippen molar-refractivity contribution in [3.8, 4) is 11.5 Å². The number of ether oxygens (including phenoxy) is 2. The maximum atomic E-state index is 12.4. The van der Waals surface area contributed by atoms with Crippen LogP contribution in [0.1, 0.15) is 46.0 Å². The first-order valence-corrected chi connectivity index (χ1v) is 8.59. The third-order valence-electron chi connectivity index (χ3n) is 4.25. The Bertz CT molecular complexity index is 525. The molecular formula is C18H29ClN2O3. The third-order valence-corrected chi connectivity index (χ3v) is 4.25. The molecule has 2 unspecified atom stereocenters. The Morgan fingerprint density at radius 2 is 1.92 bits per heavy atom. The Labute approximate surface area is 150 Å². The highest BCUT2D eigenvalue weighted by molar-refractivity contribution is 5.92. The van der Waals surface area contributed by atoms with Gasteiger partial charge < -0.3 is 20.5 Å². The van der Waals surface area contributed by atoms with E-state index < -0.39 is 0 Å².